The van der Waals surface area contributed by atoms with Crippen molar-refractivity contribution in [3.63, 3.8) is 0 Å². The van der Waals surface area contributed by atoms with Crippen LogP contribution in [0, 0.1) is 13.8 Å². The van der Waals surface area contributed by atoms with Crippen molar-refractivity contribution in [1.82, 2.24) is 0 Å². The van der Waals surface area contributed by atoms with E-state index in [1.54, 1.807) is 0 Å². The third-order valence-corrected chi connectivity index (χ3v) is 2.86. The lowest BCUT2D eigenvalue weighted by molar-refractivity contribution is 0.340. The molecular weight excluding hydrogens is 232 g/mol. The van der Waals surface area contributed by atoms with Gasteiger partial charge in [0, 0.05) is 0 Å². The van der Waals surface area contributed by atoms with E-state index >= 15 is 0 Å². The monoisotopic (exact) mass is 256 g/mol. The third-order valence-electron chi connectivity index (χ3n) is 2.86. The molecule has 2 rings (SSSR count). The minimum absolute atomic E-state index is 0.742. The molecule has 0 saturated heterocycles. The first kappa shape index (κ1) is 15.3. The molecule has 0 amide bonds. The number of benzene rings is 2. The van der Waals surface area contributed by atoms with Gasteiger partial charge in [0.25, 0.3) is 0 Å². The molecule has 0 saturated carbocycles. The molecule has 0 unspecified atom stereocenters. The fourth-order valence-corrected chi connectivity index (χ4v) is 1.62. The topological polar surface area (TPSA) is 9.23 Å². The first-order chi connectivity index (χ1) is 9.15. The molecule has 0 aromatic heterocycles. The lowest BCUT2D eigenvalue weighted by Gasteiger charge is -2.02. The molecule has 1 heteroatoms. The van der Waals surface area contributed by atoms with E-state index in [0.717, 1.165) is 18.8 Å². The van der Waals surface area contributed by atoms with Gasteiger partial charge in [-0.25, -0.2) is 0 Å². The molecule has 0 heterocycles. The molecule has 0 spiro atoms. The Hall–Kier alpha value is -1.76. The molecular formula is C18H24O. The van der Waals surface area contributed by atoms with Crippen molar-refractivity contribution in [1.29, 1.82) is 0 Å². The zero-order chi connectivity index (χ0) is 14.1. The van der Waals surface area contributed by atoms with Crippen molar-refractivity contribution in [3.8, 4) is 5.75 Å². The van der Waals surface area contributed by atoms with Crippen molar-refractivity contribution in [2.75, 3.05) is 6.61 Å². The molecule has 0 radical (unpaired) electrons. The van der Waals surface area contributed by atoms with Gasteiger partial charge >= 0.3 is 0 Å². The molecule has 0 aliphatic carbocycles. The number of hydrogen-bond donors (Lipinski definition) is 0. The summed E-state index contributed by atoms with van der Waals surface area (Å²) in [6, 6.07) is 16.7. The van der Waals surface area contributed by atoms with Gasteiger partial charge in [-0.2, -0.15) is 0 Å². The molecule has 0 bridgehead atoms. The minimum Gasteiger partial charge on any atom is -0.494 e. The van der Waals surface area contributed by atoms with E-state index in [1.165, 1.54) is 16.7 Å². The van der Waals surface area contributed by atoms with Gasteiger partial charge in [0.05, 0.1) is 6.61 Å². The van der Waals surface area contributed by atoms with Gasteiger partial charge in [-0.3, -0.25) is 0 Å². The molecule has 0 fully saturated rings. The van der Waals surface area contributed by atoms with Gasteiger partial charge < -0.3 is 4.74 Å². The van der Waals surface area contributed by atoms with Crippen LogP contribution in [0.4, 0.5) is 0 Å². The van der Waals surface area contributed by atoms with Gasteiger partial charge in [-0.1, -0.05) is 54.4 Å². The normalized spacial score (nSPS) is 9.47. The van der Waals surface area contributed by atoms with Crippen molar-refractivity contribution in [3.05, 3.63) is 65.2 Å². The average molecular weight is 256 g/mol. The zero-order valence-corrected chi connectivity index (χ0v) is 12.4. The molecule has 1 nitrogen and oxygen atoms in total. The quantitative estimate of drug-likeness (QED) is 0.755. The van der Waals surface area contributed by atoms with E-state index in [4.69, 9.17) is 4.74 Å². The van der Waals surface area contributed by atoms with Crippen LogP contribution in [0.5, 0.6) is 5.75 Å². The molecule has 2 aromatic rings. The number of rotatable bonds is 3. The summed E-state index contributed by atoms with van der Waals surface area (Å²) in [5.74, 6) is 0.963. The van der Waals surface area contributed by atoms with E-state index < -0.39 is 0 Å². The summed E-state index contributed by atoms with van der Waals surface area (Å²) in [6.45, 7) is 9.08. The highest BCUT2D eigenvalue weighted by Gasteiger charge is 1.90. The van der Waals surface area contributed by atoms with E-state index in [-0.39, 0.29) is 0 Å². The van der Waals surface area contributed by atoms with E-state index in [9.17, 15) is 0 Å². The van der Waals surface area contributed by atoms with Crippen LogP contribution in [0.2, 0.25) is 0 Å². The number of aryl methyl sites for hydroxylation is 3. The molecule has 0 atom stereocenters. The van der Waals surface area contributed by atoms with Crippen molar-refractivity contribution in [2.45, 2.75) is 34.1 Å². The molecule has 0 aliphatic heterocycles. The van der Waals surface area contributed by atoms with Crippen LogP contribution in [-0.2, 0) is 6.42 Å². The lowest BCUT2D eigenvalue weighted by atomic mass is 10.2. The van der Waals surface area contributed by atoms with Gasteiger partial charge in [-0.15, -0.1) is 0 Å². The van der Waals surface area contributed by atoms with Crippen LogP contribution in [0.25, 0.3) is 0 Å². The molecule has 102 valence electrons. The van der Waals surface area contributed by atoms with E-state index in [1.807, 2.05) is 19.1 Å². The number of ether oxygens (including phenoxy) is 1. The Bertz CT molecular complexity index is 433. The molecule has 0 N–H and O–H groups in total. The maximum Gasteiger partial charge on any atom is 0.119 e. The van der Waals surface area contributed by atoms with Crippen LogP contribution in [0.3, 0.4) is 0 Å². The number of hydrogen-bond acceptors (Lipinski definition) is 1. The maximum absolute atomic E-state index is 5.31. The second-order valence-electron chi connectivity index (χ2n) is 4.59. The molecule has 0 aliphatic rings. The summed E-state index contributed by atoms with van der Waals surface area (Å²) in [4.78, 5) is 0. The first-order valence-corrected chi connectivity index (χ1v) is 6.90. The largest absolute Gasteiger partial charge is 0.494 e. The summed E-state index contributed by atoms with van der Waals surface area (Å²) >= 11 is 0. The summed E-state index contributed by atoms with van der Waals surface area (Å²) in [5, 5.41) is 0. The van der Waals surface area contributed by atoms with Gasteiger partial charge in [0.15, 0.2) is 0 Å². The molecule has 19 heavy (non-hydrogen) atoms. The van der Waals surface area contributed by atoms with Crippen LogP contribution in [0.1, 0.15) is 30.5 Å². The highest BCUT2D eigenvalue weighted by atomic mass is 16.5. The Kier molecular flexibility index (Phi) is 6.73. The van der Waals surface area contributed by atoms with E-state index in [2.05, 4.69) is 57.2 Å². The SMILES string of the molecule is CCOc1ccc(CC)cc1.Cc1ccc(C)cc1. The van der Waals surface area contributed by atoms with Crippen LogP contribution < -0.4 is 4.74 Å². The van der Waals surface area contributed by atoms with Gasteiger partial charge in [-0.05, 0) is 44.9 Å². The Labute approximate surface area is 117 Å². The average Bonchev–Trinajstić information content (AvgIpc) is 2.44. The summed E-state index contributed by atoms with van der Waals surface area (Å²) in [6.07, 6.45) is 1.09. The second-order valence-corrected chi connectivity index (χ2v) is 4.59. The highest BCUT2D eigenvalue weighted by Crippen LogP contribution is 2.11. The van der Waals surface area contributed by atoms with Crippen LogP contribution >= 0.6 is 0 Å². The maximum atomic E-state index is 5.31. The standard InChI is InChI=1S/C10H14O.C8H10/c1-3-9-5-7-10(8-6-9)11-4-2;1-7-3-5-8(2)6-4-7/h5-8H,3-4H2,1-2H3;3-6H,1-2H3. The van der Waals surface area contributed by atoms with E-state index in [0.29, 0.717) is 0 Å². The Balaban J connectivity index is 0.000000200. The Morgan fingerprint density at radius 2 is 1.21 bits per heavy atom. The summed E-state index contributed by atoms with van der Waals surface area (Å²) in [7, 11) is 0. The van der Waals surface area contributed by atoms with Crippen LogP contribution in [-0.4, -0.2) is 6.61 Å². The second kappa shape index (κ2) is 8.36. The van der Waals surface area contributed by atoms with Crippen molar-refractivity contribution >= 4 is 0 Å². The van der Waals surface area contributed by atoms with Gasteiger partial charge in [0.1, 0.15) is 5.75 Å². The smallest absolute Gasteiger partial charge is 0.119 e. The minimum atomic E-state index is 0.742. The van der Waals surface area contributed by atoms with Crippen molar-refractivity contribution in [2.24, 2.45) is 0 Å². The zero-order valence-electron chi connectivity index (χ0n) is 12.4. The summed E-state index contributed by atoms with van der Waals surface area (Å²) < 4.78 is 5.31. The molecule has 2 aromatic carbocycles. The Morgan fingerprint density at radius 3 is 1.58 bits per heavy atom. The fourth-order valence-electron chi connectivity index (χ4n) is 1.62. The Morgan fingerprint density at radius 1 is 0.737 bits per heavy atom. The van der Waals surface area contributed by atoms with Crippen LogP contribution in [0.15, 0.2) is 48.5 Å². The highest BCUT2D eigenvalue weighted by molar-refractivity contribution is 5.27. The summed E-state index contributed by atoms with van der Waals surface area (Å²) in [5.41, 5.74) is 4.01. The first-order valence-electron chi connectivity index (χ1n) is 6.90. The predicted octanol–water partition coefficient (Wildman–Crippen LogP) is 4.95. The third kappa shape index (κ3) is 6.10. The fraction of sp³-hybridized carbons (Fsp3) is 0.333. The van der Waals surface area contributed by atoms with Crippen molar-refractivity contribution < 1.29 is 4.74 Å². The lowest BCUT2D eigenvalue weighted by Crippen LogP contribution is -1.90. The predicted molar refractivity (Wildman–Crippen MR) is 82.9 cm³/mol. The van der Waals surface area contributed by atoms with Gasteiger partial charge in [0.2, 0.25) is 0 Å².